The second-order valence-electron chi connectivity index (χ2n) is 5.60. The first-order chi connectivity index (χ1) is 9.73. The van der Waals surface area contributed by atoms with Gasteiger partial charge < -0.3 is 10.2 Å². The monoisotopic (exact) mass is 333 g/mol. The second kappa shape index (κ2) is 4.28. The van der Waals surface area contributed by atoms with Crippen molar-refractivity contribution >= 4 is 39.6 Å². The van der Waals surface area contributed by atoms with E-state index >= 15 is 0 Å². The molecule has 4 rings (SSSR count). The molecule has 0 amide bonds. The van der Waals surface area contributed by atoms with Crippen molar-refractivity contribution in [1.82, 2.24) is 9.97 Å². The van der Waals surface area contributed by atoms with Crippen LogP contribution in [0.3, 0.4) is 0 Å². The summed E-state index contributed by atoms with van der Waals surface area (Å²) in [5.41, 5.74) is 1.20. The van der Waals surface area contributed by atoms with Gasteiger partial charge in [-0.1, -0.05) is 12.8 Å². The molecule has 3 heterocycles. The summed E-state index contributed by atoms with van der Waals surface area (Å²) >= 11 is 3.56. The van der Waals surface area contributed by atoms with Crippen LogP contribution < -0.4 is 10.2 Å². The minimum Gasteiger partial charge on any atom is -0.357 e. The van der Waals surface area contributed by atoms with Crippen molar-refractivity contribution in [2.75, 3.05) is 23.8 Å². The van der Waals surface area contributed by atoms with Gasteiger partial charge in [-0.05, 0) is 40.9 Å². The van der Waals surface area contributed by atoms with Crippen LogP contribution in [-0.2, 0) is 0 Å². The number of aromatic nitrogens is 2. The number of fused-ring (bicyclic) bond motifs is 4. The highest BCUT2D eigenvalue weighted by atomic mass is 79.9. The molecule has 3 aliphatic rings. The van der Waals surface area contributed by atoms with Crippen molar-refractivity contribution in [3.63, 3.8) is 0 Å². The lowest BCUT2D eigenvalue weighted by atomic mass is 9.95. The van der Waals surface area contributed by atoms with Crippen LogP contribution in [0, 0.1) is 0 Å². The maximum atomic E-state index is 4.74. The third-order valence-electron chi connectivity index (χ3n) is 4.49. The molecular weight excluding hydrogens is 318 g/mol. The quantitative estimate of drug-likeness (QED) is 0.803. The minimum absolute atomic E-state index is 0.146. The number of hydrogen-bond acceptors (Lipinski definition) is 5. The first kappa shape index (κ1) is 12.3. The largest absolute Gasteiger partial charge is 0.357 e. The second-order valence-corrected chi connectivity index (χ2v) is 6.35. The molecule has 1 spiro atoms. The van der Waals surface area contributed by atoms with Crippen LogP contribution in [0.25, 0.3) is 6.08 Å². The lowest BCUT2D eigenvalue weighted by molar-refractivity contribution is 0.470. The zero-order valence-electron chi connectivity index (χ0n) is 11.4. The molecule has 104 valence electrons. The molecule has 20 heavy (non-hydrogen) atoms. The molecule has 0 saturated heterocycles. The number of amidine groups is 1. The van der Waals surface area contributed by atoms with E-state index in [4.69, 9.17) is 9.98 Å². The van der Waals surface area contributed by atoms with Crippen molar-refractivity contribution in [1.29, 1.82) is 0 Å². The molecule has 6 heteroatoms. The summed E-state index contributed by atoms with van der Waals surface area (Å²) in [4.78, 5) is 16.2. The van der Waals surface area contributed by atoms with E-state index in [0.717, 1.165) is 28.4 Å². The molecule has 2 aliphatic heterocycles. The molecule has 1 aliphatic carbocycles. The highest BCUT2D eigenvalue weighted by Gasteiger charge is 2.47. The summed E-state index contributed by atoms with van der Waals surface area (Å²) in [7, 11) is 1.84. The predicted octanol–water partition coefficient (Wildman–Crippen LogP) is 2.84. The highest BCUT2D eigenvalue weighted by molar-refractivity contribution is 9.10. The van der Waals surface area contributed by atoms with Crippen LogP contribution in [0.2, 0.25) is 0 Å². The summed E-state index contributed by atoms with van der Waals surface area (Å²) in [5, 5.41) is 3.03. The van der Waals surface area contributed by atoms with Crippen molar-refractivity contribution in [2.24, 2.45) is 4.99 Å². The van der Waals surface area contributed by atoms with E-state index in [9.17, 15) is 0 Å². The topological polar surface area (TPSA) is 53.4 Å². The van der Waals surface area contributed by atoms with E-state index in [1.54, 1.807) is 0 Å². The summed E-state index contributed by atoms with van der Waals surface area (Å²) < 4.78 is 0.835. The van der Waals surface area contributed by atoms with Gasteiger partial charge in [0.1, 0.15) is 16.3 Å². The Hall–Kier alpha value is -1.43. The van der Waals surface area contributed by atoms with E-state index in [0.29, 0.717) is 5.95 Å². The van der Waals surface area contributed by atoms with Gasteiger partial charge in [-0.2, -0.15) is 4.98 Å². The summed E-state index contributed by atoms with van der Waals surface area (Å²) in [6.07, 6.45) is 9.10. The molecule has 0 aromatic carbocycles. The molecule has 1 N–H and O–H groups in total. The number of rotatable bonds is 1. The molecule has 1 aromatic rings. The highest BCUT2D eigenvalue weighted by Crippen LogP contribution is 2.45. The SMILES string of the molecule is CNc1nc(Br)c2c(n1)N1C(=NCC13CCCC3)C=C2. The van der Waals surface area contributed by atoms with Crippen molar-refractivity contribution in [2.45, 2.75) is 31.2 Å². The van der Waals surface area contributed by atoms with Gasteiger partial charge in [0.25, 0.3) is 0 Å². The molecule has 1 saturated carbocycles. The Morgan fingerprint density at radius 3 is 2.80 bits per heavy atom. The Labute approximate surface area is 126 Å². The van der Waals surface area contributed by atoms with Crippen molar-refractivity contribution in [3.05, 3.63) is 16.2 Å². The van der Waals surface area contributed by atoms with E-state index < -0.39 is 0 Å². The summed E-state index contributed by atoms with van der Waals surface area (Å²) in [5.74, 6) is 2.68. The van der Waals surface area contributed by atoms with Gasteiger partial charge in [-0.25, -0.2) is 4.98 Å². The smallest absolute Gasteiger partial charge is 0.225 e. The average molecular weight is 334 g/mol. The first-order valence-corrected chi connectivity index (χ1v) is 7.81. The van der Waals surface area contributed by atoms with Crippen LogP contribution in [0.15, 0.2) is 15.7 Å². The molecule has 0 bridgehead atoms. The van der Waals surface area contributed by atoms with Gasteiger partial charge in [-0.3, -0.25) is 4.99 Å². The Bertz CT molecular complexity index is 631. The molecule has 5 nitrogen and oxygen atoms in total. The number of halogens is 1. The summed E-state index contributed by atoms with van der Waals surface area (Å²) in [6.45, 7) is 0.891. The third kappa shape index (κ3) is 1.57. The van der Waals surface area contributed by atoms with Gasteiger partial charge >= 0.3 is 0 Å². The molecule has 0 unspecified atom stereocenters. The number of aliphatic imine (C=N–C) groups is 1. The number of anilines is 2. The molecule has 1 aromatic heterocycles. The van der Waals surface area contributed by atoms with Gasteiger partial charge in [0, 0.05) is 7.05 Å². The fraction of sp³-hybridized carbons (Fsp3) is 0.500. The fourth-order valence-corrected chi connectivity index (χ4v) is 3.98. The summed E-state index contributed by atoms with van der Waals surface area (Å²) in [6, 6.07) is 0. The lowest BCUT2D eigenvalue weighted by Gasteiger charge is -2.38. The number of nitrogens with one attached hydrogen (secondary N) is 1. The van der Waals surface area contributed by atoms with Gasteiger partial charge in [0.05, 0.1) is 17.6 Å². The Morgan fingerprint density at radius 1 is 1.25 bits per heavy atom. The average Bonchev–Trinajstić information content (AvgIpc) is 3.08. The lowest BCUT2D eigenvalue weighted by Crippen LogP contribution is -2.48. The normalized spacial score (nSPS) is 21.9. The maximum absolute atomic E-state index is 4.74. The van der Waals surface area contributed by atoms with Gasteiger partial charge in [-0.15, -0.1) is 0 Å². The Morgan fingerprint density at radius 2 is 2.05 bits per heavy atom. The van der Waals surface area contributed by atoms with Gasteiger partial charge in [0.2, 0.25) is 5.95 Å². The standard InChI is InChI=1S/C14H16BrN5/c1-16-13-18-11(15)9-4-5-10-17-8-14(6-2-3-7-14)20(10)12(9)19-13/h4-5H,2-3,6-8H2,1H3,(H,16,18,19). The van der Waals surface area contributed by atoms with Crippen LogP contribution >= 0.6 is 15.9 Å². The van der Waals surface area contributed by atoms with Crippen LogP contribution in [0.5, 0.6) is 0 Å². The van der Waals surface area contributed by atoms with E-state index in [-0.39, 0.29) is 5.54 Å². The fourth-order valence-electron chi connectivity index (χ4n) is 3.50. The molecular formula is C14H16BrN5. The van der Waals surface area contributed by atoms with Crippen molar-refractivity contribution in [3.8, 4) is 0 Å². The molecule has 0 atom stereocenters. The first-order valence-electron chi connectivity index (χ1n) is 7.02. The van der Waals surface area contributed by atoms with Crippen molar-refractivity contribution < 1.29 is 0 Å². The maximum Gasteiger partial charge on any atom is 0.225 e. The van der Waals surface area contributed by atoms with E-state index in [1.165, 1.54) is 25.7 Å². The predicted molar refractivity (Wildman–Crippen MR) is 84.3 cm³/mol. The zero-order chi connectivity index (χ0) is 13.7. The Kier molecular flexibility index (Phi) is 2.64. The molecule has 1 fully saturated rings. The van der Waals surface area contributed by atoms with E-state index in [2.05, 4.69) is 43.3 Å². The van der Waals surface area contributed by atoms with E-state index in [1.807, 2.05) is 7.05 Å². The van der Waals surface area contributed by atoms with Crippen LogP contribution in [0.1, 0.15) is 31.2 Å². The number of hydrogen-bond donors (Lipinski definition) is 1. The minimum atomic E-state index is 0.146. The van der Waals surface area contributed by atoms with Gasteiger partial charge in [0.15, 0.2) is 0 Å². The zero-order valence-corrected chi connectivity index (χ0v) is 12.9. The van der Waals surface area contributed by atoms with Crippen LogP contribution in [0.4, 0.5) is 11.8 Å². The Balaban J connectivity index is 1.90. The van der Waals surface area contributed by atoms with Crippen LogP contribution in [-0.4, -0.2) is 34.9 Å². The molecule has 0 radical (unpaired) electrons. The number of nitrogens with zero attached hydrogens (tertiary/aromatic N) is 4. The third-order valence-corrected chi connectivity index (χ3v) is 5.09.